The summed E-state index contributed by atoms with van der Waals surface area (Å²) in [5.41, 5.74) is 0. The molecule has 1 unspecified atom stereocenters. The number of hydrogen-bond donors (Lipinski definition) is 2. The van der Waals surface area contributed by atoms with E-state index in [1.165, 1.54) is 19.3 Å². The van der Waals surface area contributed by atoms with E-state index in [0.29, 0.717) is 19.3 Å². The van der Waals surface area contributed by atoms with E-state index in [2.05, 4.69) is 30.9 Å². The molecule has 0 spiro atoms. The fourth-order valence-electron chi connectivity index (χ4n) is 1.70. The maximum Gasteiger partial charge on any atom is 0.303 e. The van der Waals surface area contributed by atoms with Gasteiger partial charge in [0.2, 0.25) is 0 Å². The fourth-order valence-corrected chi connectivity index (χ4v) is 1.70. The monoisotopic (exact) mass is 292 g/mol. The third-order valence-corrected chi connectivity index (χ3v) is 2.90. The Kier molecular flexibility index (Phi) is 13.8. The molecule has 3 heteroatoms. The van der Waals surface area contributed by atoms with Crippen LogP contribution in [-0.2, 0) is 4.79 Å². The van der Waals surface area contributed by atoms with Gasteiger partial charge in [-0.3, -0.25) is 4.79 Å². The van der Waals surface area contributed by atoms with Gasteiger partial charge in [0.15, 0.2) is 0 Å². The molecule has 0 aliphatic heterocycles. The molecule has 21 heavy (non-hydrogen) atoms. The molecular weight excluding hydrogens is 264 g/mol. The summed E-state index contributed by atoms with van der Waals surface area (Å²) < 4.78 is 0. The van der Waals surface area contributed by atoms with Gasteiger partial charge < -0.3 is 10.2 Å². The lowest BCUT2D eigenvalue weighted by Crippen LogP contribution is -2.00. The van der Waals surface area contributed by atoms with Crippen LogP contribution >= 0.6 is 0 Å². The van der Waals surface area contributed by atoms with Gasteiger partial charge in [0.25, 0.3) is 0 Å². The first kappa shape index (κ1) is 19.5. The maximum atomic E-state index is 10.3. The van der Waals surface area contributed by atoms with Crippen molar-refractivity contribution >= 4 is 5.97 Å². The summed E-state index contributed by atoms with van der Waals surface area (Å²) in [5, 5.41) is 18.1. The second kappa shape index (κ2) is 14.9. The van der Waals surface area contributed by atoms with E-state index in [4.69, 9.17) is 5.11 Å². The molecule has 0 bridgehead atoms. The SMILES string of the molecule is CCCCC/C=C\C/C=C\CC(O)C#CCCCC(=O)O. The lowest BCUT2D eigenvalue weighted by molar-refractivity contribution is -0.137. The molecule has 118 valence electrons. The average Bonchev–Trinajstić information content (AvgIpc) is 2.45. The number of unbranched alkanes of at least 4 members (excludes halogenated alkanes) is 4. The molecule has 0 aromatic carbocycles. The highest BCUT2D eigenvalue weighted by atomic mass is 16.4. The third-order valence-electron chi connectivity index (χ3n) is 2.90. The maximum absolute atomic E-state index is 10.3. The Hall–Kier alpha value is -1.53. The number of hydrogen-bond acceptors (Lipinski definition) is 2. The van der Waals surface area contributed by atoms with Gasteiger partial charge in [-0.2, -0.15) is 0 Å². The Balaban J connectivity index is 3.59. The van der Waals surface area contributed by atoms with Crippen LogP contribution in [0.3, 0.4) is 0 Å². The van der Waals surface area contributed by atoms with Crippen LogP contribution < -0.4 is 0 Å². The van der Waals surface area contributed by atoms with E-state index in [0.717, 1.165) is 12.8 Å². The molecule has 0 heterocycles. The third kappa shape index (κ3) is 16.4. The van der Waals surface area contributed by atoms with Gasteiger partial charge in [-0.1, -0.05) is 50.0 Å². The van der Waals surface area contributed by atoms with Crippen LogP contribution in [0.1, 0.15) is 64.7 Å². The molecule has 0 saturated heterocycles. The van der Waals surface area contributed by atoms with Crippen molar-refractivity contribution in [2.45, 2.75) is 70.8 Å². The Morgan fingerprint density at radius 1 is 1.14 bits per heavy atom. The number of allylic oxidation sites excluding steroid dienone is 3. The molecule has 0 rings (SSSR count). The summed E-state index contributed by atoms with van der Waals surface area (Å²) in [6.07, 6.45) is 15.2. The zero-order valence-corrected chi connectivity index (χ0v) is 13.1. The first-order valence-corrected chi connectivity index (χ1v) is 7.85. The molecule has 3 nitrogen and oxygen atoms in total. The summed E-state index contributed by atoms with van der Waals surface area (Å²) >= 11 is 0. The standard InChI is InChI=1S/C18H28O3/c1-2-3-4-5-6-7-8-9-11-14-17(19)15-12-10-13-16-18(20)21/h6-7,9,11,17,19H,2-5,8,10,13-14,16H2,1H3,(H,20,21)/b7-6-,11-9-. The van der Waals surface area contributed by atoms with Crippen LogP contribution in [0.2, 0.25) is 0 Å². The van der Waals surface area contributed by atoms with Crippen LogP contribution in [0.25, 0.3) is 0 Å². The molecule has 0 aliphatic rings. The number of aliphatic carboxylic acids is 1. The predicted molar refractivity (Wildman–Crippen MR) is 86.9 cm³/mol. The van der Waals surface area contributed by atoms with Crippen LogP contribution in [0, 0.1) is 11.8 Å². The Labute approximate surface area is 128 Å². The summed E-state index contributed by atoms with van der Waals surface area (Å²) in [6.45, 7) is 2.20. The lowest BCUT2D eigenvalue weighted by atomic mass is 10.2. The number of rotatable bonds is 11. The second-order valence-electron chi connectivity index (χ2n) is 4.99. The Bertz CT molecular complexity index is 372. The van der Waals surface area contributed by atoms with Gasteiger partial charge in [0, 0.05) is 19.3 Å². The van der Waals surface area contributed by atoms with E-state index in [1.807, 2.05) is 12.2 Å². The minimum absolute atomic E-state index is 0.134. The molecule has 0 radical (unpaired) electrons. The fraction of sp³-hybridized carbons (Fsp3) is 0.611. The van der Waals surface area contributed by atoms with Crippen molar-refractivity contribution in [1.82, 2.24) is 0 Å². The molecule has 0 aromatic heterocycles. The number of carboxylic acid groups (broad SMARTS) is 1. The molecule has 2 N–H and O–H groups in total. The number of aliphatic hydroxyl groups is 1. The average molecular weight is 292 g/mol. The largest absolute Gasteiger partial charge is 0.481 e. The van der Waals surface area contributed by atoms with Gasteiger partial charge in [-0.25, -0.2) is 0 Å². The summed E-state index contributed by atoms with van der Waals surface area (Å²) in [7, 11) is 0. The topological polar surface area (TPSA) is 57.5 Å². The second-order valence-corrected chi connectivity index (χ2v) is 4.99. The minimum atomic E-state index is -0.803. The van der Waals surface area contributed by atoms with Crippen LogP contribution in [0.15, 0.2) is 24.3 Å². The highest BCUT2D eigenvalue weighted by Crippen LogP contribution is 2.01. The van der Waals surface area contributed by atoms with Crippen molar-refractivity contribution in [3.63, 3.8) is 0 Å². The normalized spacial score (nSPS) is 12.5. The van der Waals surface area contributed by atoms with E-state index >= 15 is 0 Å². The highest BCUT2D eigenvalue weighted by Gasteiger charge is 1.95. The quantitative estimate of drug-likeness (QED) is 0.343. The van der Waals surface area contributed by atoms with E-state index in [1.54, 1.807) is 0 Å². The van der Waals surface area contributed by atoms with Crippen LogP contribution in [-0.4, -0.2) is 22.3 Å². The smallest absolute Gasteiger partial charge is 0.303 e. The van der Waals surface area contributed by atoms with Gasteiger partial charge >= 0.3 is 5.97 Å². The van der Waals surface area contributed by atoms with Crippen LogP contribution in [0.4, 0.5) is 0 Å². The number of carboxylic acids is 1. The summed E-state index contributed by atoms with van der Waals surface area (Å²) in [5.74, 6) is 4.73. The molecule has 0 aromatic rings. The van der Waals surface area contributed by atoms with E-state index < -0.39 is 12.1 Å². The number of aliphatic hydroxyl groups excluding tert-OH is 1. The van der Waals surface area contributed by atoms with E-state index in [9.17, 15) is 9.90 Å². The van der Waals surface area contributed by atoms with Crippen molar-refractivity contribution in [2.75, 3.05) is 0 Å². The number of carbonyl (C=O) groups is 1. The minimum Gasteiger partial charge on any atom is -0.481 e. The summed E-state index contributed by atoms with van der Waals surface area (Å²) in [6, 6.07) is 0. The first-order chi connectivity index (χ1) is 10.2. The van der Waals surface area contributed by atoms with Crippen molar-refractivity contribution in [3.8, 4) is 11.8 Å². The van der Waals surface area contributed by atoms with Crippen LogP contribution in [0.5, 0.6) is 0 Å². The molecule has 0 fully saturated rings. The van der Waals surface area contributed by atoms with E-state index in [-0.39, 0.29) is 6.42 Å². The van der Waals surface area contributed by atoms with Gasteiger partial charge in [0.1, 0.15) is 6.10 Å². The Morgan fingerprint density at radius 2 is 1.90 bits per heavy atom. The highest BCUT2D eigenvalue weighted by molar-refractivity contribution is 5.66. The van der Waals surface area contributed by atoms with Gasteiger partial charge in [-0.05, 0) is 25.7 Å². The molecular formula is C18H28O3. The lowest BCUT2D eigenvalue weighted by Gasteiger charge is -1.96. The van der Waals surface area contributed by atoms with Crippen molar-refractivity contribution in [3.05, 3.63) is 24.3 Å². The molecule has 0 amide bonds. The predicted octanol–water partition coefficient (Wildman–Crippen LogP) is 4.08. The van der Waals surface area contributed by atoms with Gasteiger partial charge in [0.05, 0.1) is 0 Å². The Morgan fingerprint density at radius 3 is 2.62 bits per heavy atom. The molecule has 1 atom stereocenters. The van der Waals surface area contributed by atoms with Gasteiger partial charge in [-0.15, -0.1) is 5.92 Å². The molecule has 0 saturated carbocycles. The zero-order chi connectivity index (χ0) is 15.8. The van der Waals surface area contributed by atoms with Crippen molar-refractivity contribution in [1.29, 1.82) is 0 Å². The zero-order valence-electron chi connectivity index (χ0n) is 13.1. The van der Waals surface area contributed by atoms with Crippen molar-refractivity contribution < 1.29 is 15.0 Å². The molecule has 0 aliphatic carbocycles. The summed E-state index contributed by atoms with van der Waals surface area (Å²) in [4.78, 5) is 10.3. The first-order valence-electron chi connectivity index (χ1n) is 7.85. The van der Waals surface area contributed by atoms with Crippen molar-refractivity contribution in [2.24, 2.45) is 0 Å².